The molecule has 2 aliphatic rings. The van der Waals surface area contributed by atoms with Crippen molar-refractivity contribution >= 4 is 28.5 Å². The standard InChI is InChI=1S/C22H26ClNO4/c1-13-5-20(26)28-17-7-18(16(23)6-15(13)17)27-10-19(25)24-12-22(4)9-14(24)8-21(2,3)11-22/h5-7,14H,8-12H2,1-4H3/t14-,22-/m0/s1. The fraction of sp³-hybridized carbons (Fsp3) is 0.545. The van der Waals surface area contributed by atoms with Gasteiger partial charge in [-0.2, -0.15) is 0 Å². The van der Waals surface area contributed by atoms with Crippen LogP contribution in [0, 0.1) is 17.8 Å². The van der Waals surface area contributed by atoms with Gasteiger partial charge in [0.15, 0.2) is 6.61 Å². The molecule has 0 radical (unpaired) electrons. The van der Waals surface area contributed by atoms with E-state index in [0.29, 0.717) is 16.4 Å². The summed E-state index contributed by atoms with van der Waals surface area (Å²) >= 11 is 6.34. The number of amides is 1. The lowest BCUT2D eigenvalue weighted by Gasteiger charge is -2.39. The first-order chi connectivity index (χ1) is 13.1. The fourth-order valence-corrected chi connectivity index (χ4v) is 5.62. The number of benzene rings is 1. The van der Waals surface area contributed by atoms with Crippen molar-refractivity contribution < 1.29 is 13.9 Å². The zero-order chi connectivity index (χ0) is 20.3. The number of aryl methyl sites for hydroxylation is 1. The number of likely N-dealkylation sites (tertiary alicyclic amines) is 1. The highest BCUT2D eigenvalue weighted by Crippen LogP contribution is 2.52. The topological polar surface area (TPSA) is 59.8 Å². The molecule has 1 saturated heterocycles. The van der Waals surface area contributed by atoms with Crippen molar-refractivity contribution in [3.05, 3.63) is 39.2 Å². The molecule has 28 heavy (non-hydrogen) atoms. The van der Waals surface area contributed by atoms with Crippen LogP contribution in [0.25, 0.3) is 11.0 Å². The number of hydrogen-bond acceptors (Lipinski definition) is 4. The molecule has 1 aliphatic carbocycles. The minimum absolute atomic E-state index is 0.0201. The molecule has 0 unspecified atom stereocenters. The number of hydrogen-bond donors (Lipinski definition) is 0. The lowest BCUT2D eigenvalue weighted by molar-refractivity contribution is -0.134. The first-order valence-corrected chi connectivity index (χ1v) is 10.1. The van der Waals surface area contributed by atoms with Crippen LogP contribution in [-0.2, 0) is 4.79 Å². The smallest absolute Gasteiger partial charge is 0.336 e. The van der Waals surface area contributed by atoms with Crippen LogP contribution in [0.15, 0.2) is 27.4 Å². The molecule has 2 fully saturated rings. The van der Waals surface area contributed by atoms with E-state index in [2.05, 4.69) is 20.8 Å². The first-order valence-electron chi connectivity index (χ1n) is 9.72. The zero-order valence-electron chi connectivity index (χ0n) is 16.8. The molecule has 2 bridgehead atoms. The number of halogens is 1. The van der Waals surface area contributed by atoms with Crippen molar-refractivity contribution in [2.45, 2.75) is 53.0 Å². The summed E-state index contributed by atoms with van der Waals surface area (Å²) in [6, 6.07) is 5.00. The summed E-state index contributed by atoms with van der Waals surface area (Å²) in [6.07, 6.45) is 3.22. The van der Waals surface area contributed by atoms with Gasteiger partial charge >= 0.3 is 5.63 Å². The Balaban J connectivity index is 1.51. The normalized spacial score (nSPS) is 25.9. The van der Waals surface area contributed by atoms with Crippen LogP contribution in [0.3, 0.4) is 0 Å². The lowest BCUT2D eigenvalue weighted by atomic mass is 9.65. The van der Waals surface area contributed by atoms with Crippen molar-refractivity contribution in [2.75, 3.05) is 13.2 Å². The van der Waals surface area contributed by atoms with Gasteiger partial charge in [-0.25, -0.2) is 4.79 Å². The third-order valence-electron chi connectivity index (χ3n) is 6.09. The summed E-state index contributed by atoms with van der Waals surface area (Å²) in [5.41, 5.74) is 1.21. The van der Waals surface area contributed by atoms with Crippen LogP contribution >= 0.6 is 11.6 Å². The van der Waals surface area contributed by atoms with Crippen molar-refractivity contribution in [1.29, 1.82) is 0 Å². The van der Waals surface area contributed by atoms with Crippen molar-refractivity contribution in [3.8, 4) is 5.75 Å². The van der Waals surface area contributed by atoms with E-state index in [0.717, 1.165) is 36.8 Å². The van der Waals surface area contributed by atoms with Gasteiger partial charge in [-0.1, -0.05) is 32.4 Å². The van der Waals surface area contributed by atoms with E-state index in [1.807, 2.05) is 11.8 Å². The summed E-state index contributed by atoms with van der Waals surface area (Å²) < 4.78 is 11.0. The number of fused-ring (bicyclic) bond motifs is 3. The Kier molecular flexibility index (Phi) is 4.49. The van der Waals surface area contributed by atoms with Crippen LogP contribution in [0.2, 0.25) is 5.02 Å². The molecule has 1 amide bonds. The Morgan fingerprint density at radius 2 is 2.04 bits per heavy atom. The number of carbonyl (C=O) groups is 1. The van der Waals surface area contributed by atoms with Crippen molar-refractivity contribution in [2.24, 2.45) is 10.8 Å². The maximum Gasteiger partial charge on any atom is 0.336 e. The molecule has 0 N–H and O–H groups in total. The maximum absolute atomic E-state index is 12.9. The van der Waals surface area contributed by atoms with Gasteiger partial charge in [-0.3, -0.25) is 4.79 Å². The highest BCUT2D eigenvalue weighted by Gasteiger charge is 2.50. The van der Waals surface area contributed by atoms with Crippen LogP contribution in [0.4, 0.5) is 0 Å². The van der Waals surface area contributed by atoms with Gasteiger partial charge in [0, 0.05) is 30.1 Å². The van der Waals surface area contributed by atoms with E-state index in [9.17, 15) is 9.59 Å². The highest BCUT2D eigenvalue weighted by molar-refractivity contribution is 6.32. The Labute approximate surface area is 169 Å². The molecule has 1 aromatic carbocycles. The predicted octanol–water partition coefficient (Wildman–Crippen LogP) is 4.56. The van der Waals surface area contributed by atoms with E-state index in [1.165, 1.54) is 6.07 Å². The second-order valence-electron chi connectivity index (χ2n) is 9.55. The summed E-state index contributed by atoms with van der Waals surface area (Å²) in [5, 5.41) is 1.15. The third-order valence-corrected chi connectivity index (χ3v) is 6.39. The molecule has 150 valence electrons. The molecular weight excluding hydrogens is 378 g/mol. The van der Waals surface area contributed by atoms with Crippen LogP contribution in [0.1, 0.15) is 45.6 Å². The molecule has 1 aromatic heterocycles. The second-order valence-corrected chi connectivity index (χ2v) is 9.96. The van der Waals surface area contributed by atoms with E-state index in [-0.39, 0.29) is 29.4 Å². The Hall–Kier alpha value is -2.01. The number of ether oxygens (including phenoxy) is 1. The average molecular weight is 404 g/mol. The van der Waals surface area contributed by atoms with Gasteiger partial charge < -0.3 is 14.1 Å². The summed E-state index contributed by atoms with van der Waals surface area (Å²) in [4.78, 5) is 26.5. The lowest BCUT2D eigenvalue weighted by Crippen LogP contribution is -2.40. The van der Waals surface area contributed by atoms with Gasteiger partial charge in [-0.05, 0) is 48.6 Å². The fourth-order valence-electron chi connectivity index (χ4n) is 5.40. The molecule has 2 aromatic rings. The molecule has 2 heterocycles. The quantitative estimate of drug-likeness (QED) is 0.705. The number of carbonyl (C=O) groups excluding carboxylic acids is 1. The van der Waals surface area contributed by atoms with Crippen LogP contribution < -0.4 is 10.4 Å². The molecule has 1 saturated carbocycles. The second kappa shape index (κ2) is 6.51. The average Bonchev–Trinajstić information content (AvgIpc) is 2.82. The van der Waals surface area contributed by atoms with Gasteiger partial charge in [0.1, 0.15) is 11.3 Å². The van der Waals surface area contributed by atoms with Crippen molar-refractivity contribution in [1.82, 2.24) is 4.90 Å². The molecule has 2 atom stereocenters. The van der Waals surface area contributed by atoms with Crippen molar-refractivity contribution in [3.63, 3.8) is 0 Å². The van der Waals surface area contributed by atoms with Gasteiger partial charge in [0.2, 0.25) is 0 Å². The molecule has 6 heteroatoms. The van der Waals surface area contributed by atoms with E-state index < -0.39 is 5.63 Å². The predicted molar refractivity (Wildman–Crippen MR) is 109 cm³/mol. The molecule has 4 rings (SSSR count). The monoisotopic (exact) mass is 403 g/mol. The highest BCUT2D eigenvalue weighted by atomic mass is 35.5. The Bertz CT molecular complexity index is 1010. The van der Waals surface area contributed by atoms with E-state index >= 15 is 0 Å². The van der Waals surface area contributed by atoms with Gasteiger partial charge in [-0.15, -0.1) is 0 Å². The molecule has 1 aliphatic heterocycles. The first kappa shape index (κ1) is 19.3. The van der Waals surface area contributed by atoms with Gasteiger partial charge in [0.05, 0.1) is 5.02 Å². The minimum Gasteiger partial charge on any atom is -0.482 e. The summed E-state index contributed by atoms with van der Waals surface area (Å²) in [6.45, 7) is 9.38. The third kappa shape index (κ3) is 3.52. The Morgan fingerprint density at radius 3 is 2.79 bits per heavy atom. The molecule has 0 spiro atoms. The SMILES string of the molecule is Cc1cc(=O)oc2cc(OCC(=O)N3C[C@@]4(C)C[C@@H]3CC(C)(C)C4)c(Cl)cc12. The van der Waals surface area contributed by atoms with Crippen LogP contribution in [-0.4, -0.2) is 30.0 Å². The molecular formula is C22H26ClNO4. The number of nitrogens with zero attached hydrogens (tertiary/aromatic N) is 1. The minimum atomic E-state index is -0.422. The number of rotatable bonds is 3. The maximum atomic E-state index is 12.9. The van der Waals surface area contributed by atoms with E-state index in [4.69, 9.17) is 20.8 Å². The summed E-state index contributed by atoms with van der Waals surface area (Å²) in [7, 11) is 0. The largest absolute Gasteiger partial charge is 0.482 e. The van der Waals surface area contributed by atoms with Gasteiger partial charge in [0.25, 0.3) is 5.91 Å². The van der Waals surface area contributed by atoms with E-state index in [1.54, 1.807) is 12.1 Å². The Morgan fingerprint density at radius 1 is 1.29 bits per heavy atom. The molecule has 5 nitrogen and oxygen atoms in total. The zero-order valence-corrected chi connectivity index (χ0v) is 17.6. The van der Waals surface area contributed by atoms with Crippen LogP contribution in [0.5, 0.6) is 5.75 Å². The summed E-state index contributed by atoms with van der Waals surface area (Å²) in [5.74, 6) is 0.332.